The first-order chi connectivity index (χ1) is 11.2. The SMILES string of the molecule is CSc1ccc(Nc2ccc(S(N)(=O)=O)cc2CN(C)C)cc1C. The van der Waals surface area contributed by atoms with Gasteiger partial charge in [-0.2, -0.15) is 0 Å². The van der Waals surface area contributed by atoms with Crippen molar-refractivity contribution >= 4 is 33.2 Å². The molecule has 0 bridgehead atoms. The molecule has 0 aromatic heterocycles. The van der Waals surface area contributed by atoms with Crippen LogP contribution >= 0.6 is 11.8 Å². The summed E-state index contributed by atoms with van der Waals surface area (Å²) in [5.74, 6) is 0. The van der Waals surface area contributed by atoms with Gasteiger partial charge in [0.2, 0.25) is 10.0 Å². The van der Waals surface area contributed by atoms with Gasteiger partial charge in [0.25, 0.3) is 0 Å². The molecule has 2 aromatic rings. The first-order valence-electron chi connectivity index (χ1n) is 7.43. The average molecular weight is 366 g/mol. The Morgan fingerprint density at radius 3 is 2.42 bits per heavy atom. The summed E-state index contributed by atoms with van der Waals surface area (Å²) in [6.45, 7) is 2.68. The molecular weight excluding hydrogens is 342 g/mol. The van der Waals surface area contributed by atoms with E-state index in [1.165, 1.54) is 16.5 Å². The number of nitrogens with two attached hydrogens (primary N) is 1. The third-order valence-corrected chi connectivity index (χ3v) is 5.37. The number of hydrogen-bond acceptors (Lipinski definition) is 5. The van der Waals surface area contributed by atoms with Gasteiger partial charge in [-0.15, -0.1) is 11.8 Å². The molecule has 0 aliphatic rings. The van der Waals surface area contributed by atoms with Crippen LogP contribution in [0.5, 0.6) is 0 Å². The van der Waals surface area contributed by atoms with Crippen LogP contribution < -0.4 is 10.5 Å². The second-order valence-corrected chi connectivity index (χ2v) is 8.32. The number of sulfonamides is 1. The fraction of sp³-hybridized carbons (Fsp3) is 0.294. The van der Waals surface area contributed by atoms with Crippen molar-refractivity contribution in [3.05, 3.63) is 47.5 Å². The zero-order valence-electron chi connectivity index (χ0n) is 14.3. The van der Waals surface area contributed by atoms with E-state index in [0.717, 1.165) is 16.9 Å². The number of primary sulfonamides is 1. The monoisotopic (exact) mass is 365 g/mol. The maximum atomic E-state index is 11.6. The Morgan fingerprint density at radius 2 is 1.88 bits per heavy atom. The molecule has 0 heterocycles. The molecule has 0 radical (unpaired) electrons. The minimum absolute atomic E-state index is 0.124. The summed E-state index contributed by atoms with van der Waals surface area (Å²) in [5.41, 5.74) is 3.90. The number of anilines is 2. The van der Waals surface area contributed by atoms with E-state index in [4.69, 9.17) is 5.14 Å². The van der Waals surface area contributed by atoms with Crippen LogP contribution in [0.1, 0.15) is 11.1 Å². The van der Waals surface area contributed by atoms with Crippen LogP contribution in [-0.2, 0) is 16.6 Å². The summed E-state index contributed by atoms with van der Waals surface area (Å²) < 4.78 is 23.2. The van der Waals surface area contributed by atoms with Crippen LogP contribution in [0.2, 0.25) is 0 Å². The molecule has 2 aromatic carbocycles. The number of rotatable bonds is 6. The summed E-state index contributed by atoms with van der Waals surface area (Å²) in [6, 6.07) is 11.1. The molecular formula is C17H23N3O2S2. The molecule has 0 aliphatic heterocycles. The molecule has 0 saturated heterocycles. The van der Waals surface area contributed by atoms with Gasteiger partial charge >= 0.3 is 0 Å². The highest BCUT2D eigenvalue weighted by atomic mass is 32.2. The van der Waals surface area contributed by atoms with Crippen molar-refractivity contribution in [2.45, 2.75) is 23.3 Å². The molecule has 0 amide bonds. The van der Waals surface area contributed by atoms with Gasteiger partial charge in [0.05, 0.1) is 4.90 Å². The van der Waals surface area contributed by atoms with Crippen LogP contribution in [0.25, 0.3) is 0 Å². The zero-order chi connectivity index (χ0) is 17.9. The number of nitrogens with one attached hydrogen (secondary N) is 1. The normalized spacial score (nSPS) is 11.8. The number of hydrogen-bond donors (Lipinski definition) is 2. The molecule has 24 heavy (non-hydrogen) atoms. The van der Waals surface area contributed by atoms with Crippen molar-refractivity contribution in [1.82, 2.24) is 4.90 Å². The topological polar surface area (TPSA) is 75.4 Å². The van der Waals surface area contributed by atoms with Crippen LogP contribution in [0, 0.1) is 6.92 Å². The Labute approximate surface area is 148 Å². The van der Waals surface area contributed by atoms with Crippen molar-refractivity contribution in [3.63, 3.8) is 0 Å². The van der Waals surface area contributed by atoms with E-state index in [-0.39, 0.29) is 4.90 Å². The zero-order valence-corrected chi connectivity index (χ0v) is 16.0. The molecule has 3 N–H and O–H groups in total. The molecule has 0 aliphatic carbocycles. The highest BCUT2D eigenvalue weighted by Crippen LogP contribution is 2.28. The molecule has 7 heteroatoms. The van der Waals surface area contributed by atoms with E-state index in [2.05, 4.69) is 30.6 Å². The molecule has 0 unspecified atom stereocenters. The molecule has 130 valence electrons. The summed E-state index contributed by atoms with van der Waals surface area (Å²) >= 11 is 1.71. The summed E-state index contributed by atoms with van der Waals surface area (Å²) in [5, 5.41) is 8.62. The number of benzene rings is 2. The first-order valence-corrected chi connectivity index (χ1v) is 10.2. The lowest BCUT2D eigenvalue weighted by atomic mass is 10.1. The Hall–Kier alpha value is -1.54. The fourth-order valence-electron chi connectivity index (χ4n) is 2.45. The largest absolute Gasteiger partial charge is 0.355 e. The Balaban J connectivity index is 2.40. The number of nitrogens with zero attached hydrogens (tertiary/aromatic N) is 1. The maximum Gasteiger partial charge on any atom is 0.238 e. The number of aryl methyl sites for hydroxylation is 1. The lowest BCUT2D eigenvalue weighted by Gasteiger charge is -2.17. The van der Waals surface area contributed by atoms with Crippen molar-refractivity contribution in [2.75, 3.05) is 25.7 Å². The Bertz CT molecular complexity index is 834. The summed E-state index contributed by atoms with van der Waals surface area (Å²) in [7, 11) is 0.155. The van der Waals surface area contributed by atoms with Crippen molar-refractivity contribution in [3.8, 4) is 0 Å². The van der Waals surface area contributed by atoms with E-state index in [1.807, 2.05) is 25.1 Å². The third-order valence-electron chi connectivity index (χ3n) is 3.57. The van der Waals surface area contributed by atoms with E-state index in [0.29, 0.717) is 6.54 Å². The van der Waals surface area contributed by atoms with Gasteiger partial charge in [0, 0.05) is 22.8 Å². The Morgan fingerprint density at radius 1 is 1.17 bits per heavy atom. The second-order valence-electron chi connectivity index (χ2n) is 5.91. The van der Waals surface area contributed by atoms with Crippen LogP contribution in [-0.4, -0.2) is 33.7 Å². The fourth-order valence-corrected chi connectivity index (χ4v) is 3.60. The highest BCUT2D eigenvalue weighted by molar-refractivity contribution is 7.98. The van der Waals surface area contributed by atoms with Gasteiger partial charge < -0.3 is 10.2 Å². The van der Waals surface area contributed by atoms with E-state index < -0.39 is 10.0 Å². The van der Waals surface area contributed by atoms with Gasteiger partial charge in [0.15, 0.2) is 0 Å². The molecule has 0 spiro atoms. The predicted molar refractivity (Wildman–Crippen MR) is 101 cm³/mol. The Kier molecular flexibility index (Phi) is 5.92. The van der Waals surface area contributed by atoms with Gasteiger partial charge in [0.1, 0.15) is 0 Å². The maximum absolute atomic E-state index is 11.6. The standard InChI is InChI=1S/C17H23N3O2S2/c1-12-9-14(5-8-17(12)23-4)19-16-7-6-15(24(18,21)22)10-13(16)11-20(2)3/h5-10,19H,11H2,1-4H3,(H2,18,21,22). The van der Waals surface area contributed by atoms with Gasteiger partial charge in [-0.05, 0) is 74.8 Å². The predicted octanol–water partition coefficient (Wildman–Crippen LogP) is 3.17. The van der Waals surface area contributed by atoms with E-state index in [9.17, 15) is 8.42 Å². The van der Waals surface area contributed by atoms with Crippen molar-refractivity contribution < 1.29 is 8.42 Å². The molecule has 2 rings (SSSR count). The lowest BCUT2D eigenvalue weighted by molar-refractivity contribution is 0.403. The summed E-state index contributed by atoms with van der Waals surface area (Å²) in [4.78, 5) is 3.34. The molecule has 0 saturated carbocycles. The average Bonchev–Trinajstić information content (AvgIpc) is 2.47. The van der Waals surface area contributed by atoms with Gasteiger partial charge in [-0.1, -0.05) is 0 Å². The summed E-state index contributed by atoms with van der Waals surface area (Å²) in [6.07, 6.45) is 2.05. The lowest BCUT2D eigenvalue weighted by Crippen LogP contribution is -2.15. The third kappa shape index (κ3) is 4.73. The van der Waals surface area contributed by atoms with Crippen molar-refractivity contribution in [1.29, 1.82) is 0 Å². The van der Waals surface area contributed by atoms with Crippen molar-refractivity contribution in [2.24, 2.45) is 5.14 Å². The highest BCUT2D eigenvalue weighted by Gasteiger charge is 2.12. The van der Waals surface area contributed by atoms with E-state index in [1.54, 1.807) is 23.9 Å². The minimum Gasteiger partial charge on any atom is -0.355 e. The van der Waals surface area contributed by atoms with Crippen LogP contribution in [0.3, 0.4) is 0 Å². The van der Waals surface area contributed by atoms with Gasteiger partial charge in [-0.25, -0.2) is 13.6 Å². The first kappa shape index (κ1) is 18.8. The van der Waals surface area contributed by atoms with Crippen LogP contribution in [0.4, 0.5) is 11.4 Å². The molecule has 0 fully saturated rings. The minimum atomic E-state index is -3.72. The number of thioether (sulfide) groups is 1. The molecule has 0 atom stereocenters. The smallest absolute Gasteiger partial charge is 0.238 e. The molecule has 5 nitrogen and oxygen atoms in total. The van der Waals surface area contributed by atoms with E-state index >= 15 is 0 Å². The quantitative estimate of drug-likeness (QED) is 0.769. The van der Waals surface area contributed by atoms with Gasteiger partial charge in [-0.3, -0.25) is 0 Å². The second kappa shape index (κ2) is 7.57. The van der Waals surface area contributed by atoms with Crippen LogP contribution in [0.15, 0.2) is 46.2 Å².